The van der Waals surface area contributed by atoms with Gasteiger partial charge in [0, 0.05) is 50.1 Å². The fraction of sp³-hybridized carbons (Fsp3) is 0.348. The molecule has 0 N–H and O–H groups in total. The molecule has 148 valence electrons. The summed E-state index contributed by atoms with van der Waals surface area (Å²) in [5.41, 5.74) is 2.52. The lowest BCUT2D eigenvalue weighted by atomic mass is 10.1. The van der Waals surface area contributed by atoms with Crippen LogP contribution in [0.15, 0.2) is 60.7 Å². The molecule has 2 aromatic carbocycles. The van der Waals surface area contributed by atoms with E-state index in [4.69, 9.17) is 4.98 Å². The summed E-state index contributed by atoms with van der Waals surface area (Å²) in [5.74, 6) is 1.77. The van der Waals surface area contributed by atoms with Crippen LogP contribution >= 0.6 is 11.5 Å². The number of aromatic nitrogens is 2. The maximum Gasteiger partial charge on any atom is 0.226 e. The molecule has 29 heavy (non-hydrogen) atoms. The number of nitrogens with zero attached hydrogens (tertiary/aromatic N) is 4. The van der Waals surface area contributed by atoms with Gasteiger partial charge in [-0.05, 0) is 23.5 Å². The standard InChI is InChI=1S/C23H24N4OS/c28-22(20-16-19(20)18-9-5-2-6-10-18)26-11-13-27(14-12-26)23-24-21(25-29-23)15-17-7-3-1-4-8-17/h1-10,19-20H,11-16H2/t19-,20+/m0/s1. The van der Waals surface area contributed by atoms with Gasteiger partial charge in [-0.3, -0.25) is 4.79 Å². The maximum absolute atomic E-state index is 12.9. The smallest absolute Gasteiger partial charge is 0.226 e. The Labute approximate surface area is 175 Å². The molecule has 1 saturated heterocycles. The van der Waals surface area contributed by atoms with Crippen LogP contribution in [-0.4, -0.2) is 46.3 Å². The molecule has 3 aromatic rings. The van der Waals surface area contributed by atoms with Crippen molar-refractivity contribution in [2.45, 2.75) is 18.8 Å². The second-order valence-electron chi connectivity index (χ2n) is 7.83. The summed E-state index contributed by atoms with van der Waals surface area (Å²) in [4.78, 5) is 21.9. The highest BCUT2D eigenvalue weighted by molar-refractivity contribution is 7.09. The molecule has 1 aromatic heterocycles. The highest BCUT2D eigenvalue weighted by atomic mass is 32.1. The first-order valence-corrected chi connectivity index (χ1v) is 11.0. The molecule has 0 bridgehead atoms. The molecule has 2 fully saturated rings. The zero-order chi connectivity index (χ0) is 19.6. The van der Waals surface area contributed by atoms with Gasteiger partial charge in [-0.2, -0.15) is 4.37 Å². The first-order chi connectivity index (χ1) is 14.3. The van der Waals surface area contributed by atoms with Gasteiger partial charge in [0.1, 0.15) is 5.82 Å². The van der Waals surface area contributed by atoms with Crippen molar-refractivity contribution in [3.05, 3.63) is 77.6 Å². The van der Waals surface area contributed by atoms with E-state index < -0.39 is 0 Å². The van der Waals surface area contributed by atoms with Gasteiger partial charge in [0.05, 0.1) is 0 Å². The van der Waals surface area contributed by atoms with E-state index in [2.05, 4.69) is 45.7 Å². The number of rotatable bonds is 5. The molecule has 1 amide bonds. The molecule has 0 radical (unpaired) electrons. The minimum absolute atomic E-state index is 0.169. The highest BCUT2D eigenvalue weighted by Gasteiger charge is 2.46. The number of carbonyl (C=O) groups excluding carboxylic acids is 1. The van der Waals surface area contributed by atoms with Gasteiger partial charge in [-0.1, -0.05) is 60.7 Å². The van der Waals surface area contributed by atoms with Crippen molar-refractivity contribution in [3.8, 4) is 0 Å². The Hall–Kier alpha value is -2.73. The second-order valence-corrected chi connectivity index (χ2v) is 8.56. The van der Waals surface area contributed by atoms with Crippen LogP contribution in [0.5, 0.6) is 0 Å². The Balaban J connectivity index is 1.15. The first kappa shape index (κ1) is 18.3. The van der Waals surface area contributed by atoms with E-state index in [-0.39, 0.29) is 5.92 Å². The van der Waals surface area contributed by atoms with E-state index in [0.29, 0.717) is 11.8 Å². The van der Waals surface area contributed by atoms with E-state index in [1.54, 1.807) is 0 Å². The number of benzene rings is 2. The number of hydrogen-bond acceptors (Lipinski definition) is 5. The normalized spacial score (nSPS) is 21.2. The average molecular weight is 405 g/mol. The third-order valence-electron chi connectivity index (χ3n) is 5.86. The van der Waals surface area contributed by atoms with Crippen LogP contribution in [-0.2, 0) is 11.2 Å². The van der Waals surface area contributed by atoms with Crippen LogP contribution in [0.3, 0.4) is 0 Å². The average Bonchev–Trinajstić information content (AvgIpc) is 3.46. The minimum atomic E-state index is 0.169. The van der Waals surface area contributed by atoms with E-state index >= 15 is 0 Å². The van der Waals surface area contributed by atoms with Gasteiger partial charge in [-0.25, -0.2) is 4.98 Å². The fourth-order valence-corrected chi connectivity index (χ4v) is 4.85. The van der Waals surface area contributed by atoms with Crippen molar-refractivity contribution in [2.24, 2.45) is 5.92 Å². The van der Waals surface area contributed by atoms with Crippen LogP contribution in [0.25, 0.3) is 0 Å². The lowest BCUT2D eigenvalue weighted by Gasteiger charge is -2.34. The number of anilines is 1. The van der Waals surface area contributed by atoms with Gasteiger partial charge in [0.2, 0.25) is 11.0 Å². The largest absolute Gasteiger partial charge is 0.343 e. The number of carbonyl (C=O) groups is 1. The summed E-state index contributed by atoms with van der Waals surface area (Å²) in [6.45, 7) is 3.19. The van der Waals surface area contributed by atoms with E-state index in [0.717, 1.165) is 50.0 Å². The van der Waals surface area contributed by atoms with Gasteiger partial charge in [0.25, 0.3) is 0 Å². The summed E-state index contributed by atoms with van der Waals surface area (Å²) in [5, 5.41) is 0.969. The van der Waals surface area contributed by atoms with Crippen molar-refractivity contribution >= 4 is 22.6 Å². The summed E-state index contributed by atoms with van der Waals surface area (Å²) in [6, 6.07) is 20.7. The van der Waals surface area contributed by atoms with Crippen molar-refractivity contribution in [1.29, 1.82) is 0 Å². The lowest BCUT2D eigenvalue weighted by Crippen LogP contribution is -2.49. The Kier molecular flexibility index (Phi) is 5.02. The van der Waals surface area contributed by atoms with E-state index in [9.17, 15) is 4.79 Å². The third-order valence-corrected chi connectivity index (χ3v) is 6.67. The molecule has 0 spiro atoms. The molecule has 6 heteroatoms. The maximum atomic E-state index is 12.9. The number of amides is 1. The van der Waals surface area contributed by atoms with Gasteiger partial charge in [0.15, 0.2) is 0 Å². The molecule has 1 aliphatic heterocycles. The van der Waals surface area contributed by atoms with Gasteiger partial charge >= 0.3 is 0 Å². The van der Waals surface area contributed by atoms with Gasteiger partial charge < -0.3 is 9.80 Å². The Morgan fingerprint density at radius 1 is 0.966 bits per heavy atom. The molecule has 2 heterocycles. The molecule has 1 aliphatic carbocycles. The summed E-state index contributed by atoms with van der Waals surface area (Å²) < 4.78 is 4.53. The van der Waals surface area contributed by atoms with E-state index in [1.807, 2.05) is 29.2 Å². The molecular formula is C23H24N4OS. The molecule has 1 saturated carbocycles. The Morgan fingerprint density at radius 2 is 1.66 bits per heavy atom. The van der Waals surface area contributed by atoms with Crippen molar-refractivity contribution in [2.75, 3.05) is 31.1 Å². The number of hydrogen-bond donors (Lipinski definition) is 0. The minimum Gasteiger partial charge on any atom is -0.343 e. The Bertz CT molecular complexity index is 967. The molecular weight excluding hydrogens is 380 g/mol. The highest BCUT2D eigenvalue weighted by Crippen LogP contribution is 2.48. The molecule has 2 atom stereocenters. The number of piperazine rings is 1. The van der Waals surface area contributed by atoms with Crippen molar-refractivity contribution < 1.29 is 4.79 Å². The fourth-order valence-electron chi connectivity index (χ4n) is 4.11. The van der Waals surface area contributed by atoms with Crippen LogP contribution in [0.1, 0.15) is 29.3 Å². The van der Waals surface area contributed by atoms with Crippen molar-refractivity contribution in [1.82, 2.24) is 14.3 Å². The van der Waals surface area contributed by atoms with Crippen LogP contribution in [0, 0.1) is 5.92 Å². The topological polar surface area (TPSA) is 49.3 Å². The second kappa shape index (κ2) is 7.95. The zero-order valence-corrected chi connectivity index (χ0v) is 17.1. The first-order valence-electron chi connectivity index (χ1n) is 10.2. The van der Waals surface area contributed by atoms with Crippen LogP contribution < -0.4 is 4.90 Å². The monoisotopic (exact) mass is 404 g/mol. The molecule has 5 nitrogen and oxygen atoms in total. The summed E-state index contributed by atoms with van der Waals surface area (Å²) in [6.07, 6.45) is 1.75. The van der Waals surface area contributed by atoms with Crippen molar-refractivity contribution in [3.63, 3.8) is 0 Å². The SMILES string of the molecule is O=C([C@@H]1C[C@H]1c1ccccc1)N1CCN(c2nc(Cc3ccccc3)ns2)CC1. The predicted octanol–water partition coefficient (Wildman–Crippen LogP) is 3.58. The summed E-state index contributed by atoms with van der Waals surface area (Å²) in [7, 11) is 0. The molecule has 0 unspecified atom stereocenters. The zero-order valence-electron chi connectivity index (χ0n) is 16.3. The quantitative estimate of drug-likeness (QED) is 0.652. The molecule has 2 aliphatic rings. The predicted molar refractivity (Wildman–Crippen MR) is 115 cm³/mol. The van der Waals surface area contributed by atoms with E-state index in [1.165, 1.54) is 22.7 Å². The van der Waals surface area contributed by atoms with Crippen LogP contribution in [0.2, 0.25) is 0 Å². The van der Waals surface area contributed by atoms with Gasteiger partial charge in [-0.15, -0.1) is 0 Å². The summed E-state index contributed by atoms with van der Waals surface area (Å²) >= 11 is 1.46. The Morgan fingerprint density at radius 3 is 2.38 bits per heavy atom. The lowest BCUT2D eigenvalue weighted by molar-refractivity contribution is -0.132. The molecule has 5 rings (SSSR count). The third kappa shape index (κ3) is 4.03. The van der Waals surface area contributed by atoms with Crippen LogP contribution in [0.4, 0.5) is 5.13 Å².